The van der Waals surface area contributed by atoms with Crippen molar-refractivity contribution in [3.8, 4) is 0 Å². The van der Waals surface area contributed by atoms with Crippen LogP contribution in [-0.2, 0) is 0 Å². The van der Waals surface area contributed by atoms with E-state index in [1.807, 2.05) is 25.6 Å². The van der Waals surface area contributed by atoms with E-state index in [2.05, 4.69) is 17.2 Å². The SMILES string of the molecule is CCSCCC(C)NC(=O)c1cc(C)nc(Cl)c1. The standard InChI is InChI=1S/C13H19ClN2OS/c1-4-18-6-5-9(2)16-13(17)11-7-10(3)15-12(14)8-11/h7-9H,4-6H2,1-3H3,(H,16,17). The Kier molecular flexibility index (Phi) is 6.50. The van der Waals surface area contributed by atoms with Crippen molar-refractivity contribution >= 4 is 29.3 Å². The van der Waals surface area contributed by atoms with Crippen molar-refractivity contribution in [1.29, 1.82) is 0 Å². The lowest BCUT2D eigenvalue weighted by Crippen LogP contribution is -2.33. The van der Waals surface area contributed by atoms with Gasteiger partial charge >= 0.3 is 0 Å². The maximum Gasteiger partial charge on any atom is 0.251 e. The third-order valence-corrected chi connectivity index (χ3v) is 3.59. The molecule has 0 aliphatic carbocycles. The number of thioether (sulfide) groups is 1. The van der Waals surface area contributed by atoms with Gasteiger partial charge in [-0.3, -0.25) is 4.79 Å². The van der Waals surface area contributed by atoms with Crippen molar-refractivity contribution in [2.75, 3.05) is 11.5 Å². The Labute approximate surface area is 118 Å². The van der Waals surface area contributed by atoms with Gasteiger partial charge in [-0.1, -0.05) is 18.5 Å². The molecule has 0 fully saturated rings. The fraction of sp³-hybridized carbons (Fsp3) is 0.538. The first-order valence-electron chi connectivity index (χ1n) is 6.05. The topological polar surface area (TPSA) is 42.0 Å². The summed E-state index contributed by atoms with van der Waals surface area (Å²) in [6.07, 6.45) is 0.974. The number of carbonyl (C=O) groups is 1. The van der Waals surface area contributed by atoms with Crippen molar-refractivity contribution < 1.29 is 4.79 Å². The Bertz CT molecular complexity index is 392. The van der Waals surface area contributed by atoms with Gasteiger partial charge in [0.25, 0.3) is 5.91 Å². The van der Waals surface area contributed by atoms with Crippen molar-refractivity contribution in [2.45, 2.75) is 33.2 Å². The summed E-state index contributed by atoms with van der Waals surface area (Å²) in [5.41, 5.74) is 1.32. The number of nitrogens with one attached hydrogen (secondary N) is 1. The highest BCUT2D eigenvalue weighted by molar-refractivity contribution is 7.99. The van der Waals surface area contributed by atoms with Crippen LogP contribution < -0.4 is 5.32 Å². The molecular formula is C13H19ClN2OS. The van der Waals surface area contributed by atoms with Gasteiger partial charge in [-0.25, -0.2) is 4.98 Å². The van der Waals surface area contributed by atoms with Gasteiger partial charge < -0.3 is 5.32 Å². The minimum absolute atomic E-state index is 0.0867. The number of hydrogen-bond acceptors (Lipinski definition) is 3. The second kappa shape index (κ2) is 7.64. The number of rotatable bonds is 6. The number of hydrogen-bond donors (Lipinski definition) is 1. The predicted molar refractivity (Wildman–Crippen MR) is 78.5 cm³/mol. The smallest absolute Gasteiger partial charge is 0.251 e. The van der Waals surface area contributed by atoms with Crippen LogP contribution in [0, 0.1) is 6.92 Å². The molecule has 0 saturated carbocycles. The lowest BCUT2D eigenvalue weighted by molar-refractivity contribution is 0.0939. The molecule has 18 heavy (non-hydrogen) atoms. The maximum absolute atomic E-state index is 12.0. The maximum atomic E-state index is 12.0. The van der Waals surface area contributed by atoms with E-state index in [0.717, 1.165) is 23.6 Å². The van der Waals surface area contributed by atoms with Crippen LogP contribution >= 0.6 is 23.4 Å². The fourth-order valence-electron chi connectivity index (χ4n) is 1.54. The molecule has 1 N–H and O–H groups in total. The van der Waals surface area contributed by atoms with E-state index < -0.39 is 0 Å². The zero-order valence-electron chi connectivity index (χ0n) is 11.0. The van der Waals surface area contributed by atoms with Crippen molar-refractivity contribution in [3.05, 3.63) is 28.5 Å². The Hall–Kier alpha value is -0.740. The van der Waals surface area contributed by atoms with E-state index in [1.54, 1.807) is 12.1 Å². The van der Waals surface area contributed by atoms with Crippen LogP contribution in [0.1, 0.15) is 36.3 Å². The number of pyridine rings is 1. The van der Waals surface area contributed by atoms with Crippen molar-refractivity contribution in [3.63, 3.8) is 0 Å². The minimum Gasteiger partial charge on any atom is -0.350 e. The fourth-order valence-corrected chi connectivity index (χ4v) is 2.60. The minimum atomic E-state index is -0.0867. The van der Waals surface area contributed by atoms with Crippen LogP contribution in [0.15, 0.2) is 12.1 Å². The Balaban J connectivity index is 2.54. The van der Waals surface area contributed by atoms with Crippen molar-refractivity contribution in [1.82, 2.24) is 10.3 Å². The number of carbonyl (C=O) groups excluding carboxylic acids is 1. The first-order valence-corrected chi connectivity index (χ1v) is 7.59. The molecule has 3 nitrogen and oxygen atoms in total. The van der Waals surface area contributed by atoms with Gasteiger partial charge in [0.1, 0.15) is 5.15 Å². The number of aromatic nitrogens is 1. The molecule has 1 aromatic rings. The van der Waals surface area contributed by atoms with Gasteiger partial charge in [-0.15, -0.1) is 0 Å². The van der Waals surface area contributed by atoms with E-state index in [4.69, 9.17) is 11.6 Å². The average Bonchev–Trinajstić information content (AvgIpc) is 2.28. The first kappa shape index (κ1) is 15.3. The predicted octanol–water partition coefficient (Wildman–Crippen LogP) is 3.30. The first-order chi connectivity index (χ1) is 8.52. The second-order valence-corrected chi connectivity index (χ2v) is 5.96. The van der Waals surface area contributed by atoms with E-state index in [0.29, 0.717) is 10.7 Å². The van der Waals surface area contributed by atoms with Gasteiger partial charge in [-0.2, -0.15) is 11.8 Å². The quantitative estimate of drug-likeness (QED) is 0.644. The third-order valence-electron chi connectivity index (χ3n) is 2.46. The highest BCUT2D eigenvalue weighted by atomic mass is 35.5. The molecule has 1 unspecified atom stereocenters. The summed E-state index contributed by atoms with van der Waals surface area (Å²) in [5, 5.41) is 3.33. The summed E-state index contributed by atoms with van der Waals surface area (Å²) in [6.45, 7) is 5.98. The van der Waals surface area contributed by atoms with Crippen LogP contribution in [0.3, 0.4) is 0 Å². The average molecular weight is 287 g/mol. The molecule has 1 rings (SSSR count). The van der Waals surface area contributed by atoms with Gasteiger partial charge in [0.05, 0.1) is 0 Å². The zero-order valence-corrected chi connectivity index (χ0v) is 12.6. The normalized spacial score (nSPS) is 12.2. The van der Waals surface area contributed by atoms with Crippen LogP contribution in [0.25, 0.3) is 0 Å². The molecule has 0 aromatic carbocycles. The molecule has 0 bridgehead atoms. The number of aryl methyl sites for hydroxylation is 1. The molecule has 1 heterocycles. The molecule has 0 aliphatic heterocycles. The highest BCUT2D eigenvalue weighted by Gasteiger charge is 2.11. The molecule has 1 atom stereocenters. The van der Waals surface area contributed by atoms with E-state index in [-0.39, 0.29) is 11.9 Å². The number of nitrogens with zero attached hydrogens (tertiary/aromatic N) is 1. The van der Waals surface area contributed by atoms with Gasteiger partial charge in [0.2, 0.25) is 0 Å². The van der Waals surface area contributed by atoms with Crippen molar-refractivity contribution in [2.24, 2.45) is 0 Å². The zero-order chi connectivity index (χ0) is 13.5. The van der Waals surface area contributed by atoms with Crippen LogP contribution in [0.4, 0.5) is 0 Å². The van der Waals surface area contributed by atoms with Gasteiger partial charge in [0, 0.05) is 17.3 Å². The molecule has 1 aromatic heterocycles. The third kappa shape index (κ3) is 5.27. The molecule has 100 valence electrons. The Morgan fingerprint density at radius 3 is 2.89 bits per heavy atom. The molecule has 1 amide bonds. The molecule has 5 heteroatoms. The summed E-state index contributed by atoms with van der Waals surface area (Å²) in [7, 11) is 0. The van der Waals surface area contributed by atoms with Gasteiger partial charge in [-0.05, 0) is 43.9 Å². The molecule has 0 spiro atoms. The summed E-state index contributed by atoms with van der Waals surface area (Å²) in [4.78, 5) is 16.0. The lowest BCUT2D eigenvalue weighted by Gasteiger charge is -2.13. The van der Waals surface area contributed by atoms with Crippen LogP contribution in [0.2, 0.25) is 5.15 Å². The van der Waals surface area contributed by atoms with E-state index in [1.165, 1.54) is 0 Å². The summed E-state index contributed by atoms with van der Waals surface area (Å²) < 4.78 is 0. The lowest BCUT2D eigenvalue weighted by atomic mass is 10.2. The molecule has 0 aliphatic rings. The summed E-state index contributed by atoms with van der Waals surface area (Å²) in [6, 6.07) is 3.51. The van der Waals surface area contributed by atoms with E-state index in [9.17, 15) is 4.79 Å². The highest BCUT2D eigenvalue weighted by Crippen LogP contribution is 2.11. The Morgan fingerprint density at radius 1 is 1.56 bits per heavy atom. The number of halogens is 1. The molecule has 0 radical (unpaired) electrons. The van der Waals surface area contributed by atoms with E-state index >= 15 is 0 Å². The Morgan fingerprint density at radius 2 is 2.28 bits per heavy atom. The summed E-state index contributed by atoms with van der Waals surface area (Å²) >= 11 is 7.72. The molecule has 0 saturated heterocycles. The largest absolute Gasteiger partial charge is 0.350 e. The summed E-state index contributed by atoms with van der Waals surface area (Å²) in [5.74, 6) is 2.09. The van der Waals surface area contributed by atoms with Crippen LogP contribution in [-0.4, -0.2) is 28.4 Å². The second-order valence-electron chi connectivity index (χ2n) is 4.18. The van der Waals surface area contributed by atoms with Gasteiger partial charge in [0.15, 0.2) is 0 Å². The monoisotopic (exact) mass is 286 g/mol. The molecular weight excluding hydrogens is 268 g/mol. The van der Waals surface area contributed by atoms with Crippen LogP contribution in [0.5, 0.6) is 0 Å². The number of amides is 1.